The first-order valence-corrected chi connectivity index (χ1v) is 8.21. The Hall–Kier alpha value is -1.14. The van der Waals surface area contributed by atoms with Gasteiger partial charge in [-0.05, 0) is 37.2 Å². The number of hydrogen-bond acceptors (Lipinski definition) is 3. The Kier molecular flexibility index (Phi) is 3.59. The summed E-state index contributed by atoms with van der Waals surface area (Å²) in [6.07, 6.45) is 1.83. The molecule has 2 rings (SSSR count). The van der Waals surface area contributed by atoms with Crippen molar-refractivity contribution in [1.82, 2.24) is 9.55 Å². The molecule has 0 saturated carbocycles. The minimum absolute atomic E-state index is 0.188. The standard InChI is InChI=1S/C12H16N2O2S2/c1-9-5-3-6-10-11(9)13-12(17)14(10)7-4-8-18(2,15)16/h3,5-6H,4,7-8H2,1-2H3,(H,13,17). The van der Waals surface area contributed by atoms with E-state index in [0.717, 1.165) is 16.6 Å². The Labute approximate surface area is 112 Å². The molecule has 0 saturated heterocycles. The number of benzene rings is 1. The molecule has 0 unspecified atom stereocenters. The highest BCUT2D eigenvalue weighted by atomic mass is 32.2. The second kappa shape index (κ2) is 4.85. The third kappa shape index (κ3) is 2.81. The molecular formula is C12H16N2O2S2. The van der Waals surface area contributed by atoms with Gasteiger partial charge in [-0.1, -0.05) is 12.1 Å². The lowest BCUT2D eigenvalue weighted by Gasteiger charge is -2.04. The molecule has 0 radical (unpaired) electrons. The van der Waals surface area contributed by atoms with Crippen molar-refractivity contribution < 1.29 is 8.42 Å². The summed E-state index contributed by atoms with van der Waals surface area (Å²) < 4.78 is 24.8. The molecule has 0 bridgehead atoms. The first-order valence-electron chi connectivity index (χ1n) is 5.74. The molecule has 0 atom stereocenters. The Bertz CT molecular complexity index is 726. The highest BCUT2D eigenvalue weighted by molar-refractivity contribution is 7.90. The van der Waals surface area contributed by atoms with Gasteiger partial charge in [0.2, 0.25) is 0 Å². The van der Waals surface area contributed by atoms with E-state index in [2.05, 4.69) is 4.98 Å². The molecule has 0 amide bonds. The molecule has 1 N–H and O–H groups in total. The molecular weight excluding hydrogens is 268 g/mol. The van der Waals surface area contributed by atoms with E-state index in [4.69, 9.17) is 12.2 Å². The second-order valence-corrected chi connectivity index (χ2v) is 7.18. The molecule has 1 aromatic heterocycles. The lowest BCUT2D eigenvalue weighted by Crippen LogP contribution is -2.07. The fourth-order valence-electron chi connectivity index (χ4n) is 2.03. The molecule has 98 valence electrons. The Morgan fingerprint density at radius 3 is 2.78 bits per heavy atom. The average molecular weight is 284 g/mol. The normalized spacial score (nSPS) is 12.1. The van der Waals surface area contributed by atoms with Crippen molar-refractivity contribution in [2.45, 2.75) is 19.9 Å². The summed E-state index contributed by atoms with van der Waals surface area (Å²) in [4.78, 5) is 3.17. The molecule has 6 heteroatoms. The van der Waals surface area contributed by atoms with Gasteiger partial charge in [0.15, 0.2) is 4.77 Å². The summed E-state index contributed by atoms with van der Waals surface area (Å²) in [5.41, 5.74) is 3.20. The van der Waals surface area contributed by atoms with Crippen LogP contribution in [0, 0.1) is 11.7 Å². The van der Waals surface area contributed by atoms with Crippen LogP contribution >= 0.6 is 12.2 Å². The minimum Gasteiger partial charge on any atom is -0.330 e. The fourth-order valence-corrected chi connectivity index (χ4v) is 2.98. The molecule has 1 heterocycles. The van der Waals surface area contributed by atoms with E-state index in [1.165, 1.54) is 6.26 Å². The zero-order valence-corrected chi connectivity index (χ0v) is 12.1. The minimum atomic E-state index is -2.91. The van der Waals surface area contributed by atoms with Crippen molar-refractivity contribution in [3.8, 4) is 0 Å². The number of para-hydroxylation sites is 1. The number of nitrogens with one attached hydrogen (secondary N) is 1. The van der Waals surface area contributed by atoms with Crippen LogP contribution in [-0.2, 0) is 16.4 Å². The number of aromatic amines is 1. The monoisotopic (exact) mass is 284 g/mol. The van der Waals surface area contributed by atoms with Crippen LogP contribution < -0.4 is 0 Å². The number of H-pyrrole nitrogens is 1. The fraction of sp³-hybridized carbons (Fsp3) is 0.417. The number of aromatic nitrogens is 2. The van der Waals surface area contributed by atoms with Crippen molar-refractivity contribution in [1.29, 1.82) is 0 Å². The van der Waals surface area contributed by atoms with E-state index in [-0.39, 0.29) is 5.75 Å². The molecule has 2 aromatic rings. The quantitative estimate of drug-likeness (QED) is 0.877. The first-order chi connectivity index (χ1) is 8.38. The van der Waals surface area contributed by atoms with Gasteiger partial charge in [0.05, 0.1) is 16.8 Å². The van der Waals surface area contributed by atoms with Crippen molar-refractivity contribution in [2.75, 3.05) is 12.0 Å². The number of hydrogen-bond donors (Lipinski definition) is 1. The molecule has 0 aliphatic carbocycles. The maximum absolute atomic E-state index is 11.1. The van der Waals surface area contributed by atoms with E-state index in [0.29, 0.717) is 17.7 Å². The van der Waals surface area contributed by atoms with Crippen LogP contribution in [0.3, 0.4) is 0 Å². The summed E-state index contributed by atoms with van der Waals surface area (Å²) in [5.74, 6) is 0.188. The SMILES string of the molecule is Cc1cccc2c1[nH]c(=S)n2CCCS(C)(=O)=O. The number of nitrogens with zero attached hydrogens (tertiary/aromatic N) is 1. The van der Waals surface area contributed by atoms with Gasteiger partial charge in [-0.2, -0.15) is 0 Å². The van der Waals surface area contributed by atoms with E-state index >= 15 is 0 Å². The molecule has 0 aliphatic rings. The molecule has 1 aromatic carbocycles. The van der Waals surface area contributed by atoms with E-state index in [1.807, 2.05) is 29.7 Å². The maximum atomic E-state index is 11.1. The summed E-state index contributed by atoms with van der Waals surface area (Å²) in [5, 5.41) is 0. The number of imidazole rings is 1. The van der Waals surface area contributed by atoms with Gasteiger partial charge in [0.1, 0.15) is 9.84 Å². The van der Waals surface area contributed by atoms with Crippen LogP contribution in [0.2, 0.25) is 0 Å². The lowest BCUT2D eigenvalue weighted by molar-refractivity contribution is 0.592. The Balaban J connectivity index is 2.31. The summed E-state index contributed by atoms with van der Waals surface area (Å²) in [7, 11) is -2.91. The third-order valence-corrected chi connectivity index (χ3v) is 4.27. The molecule has 0 spiro atoms. The number of rotatable bonds is 4. The molecule has 4 nitrogen and oxygen atoms in total. The van der Waals surface area contributed by atoms with Gasteiger partial charge in [0.25, 0.3) is 0 Å². The number of sulfone groups is 1. The van der Waals surface area contributed by atoms with Gasteiger partial charge in [-0.25, -0.2) is 8.42 Å². The maximum Gasteiger partial charge on any atom is 0.178 e. The van der Waals surface area contributed by atoms with Crippen LogP contribution in [0.4, 0.5) is 0 Å². The predicted octanol–water partition coefficient (Wildman–Crippen LogP) is 2.44. The number of fused-ring (bicyclic) bond motifs is 1. The summed E-state index contributed by atoms with van der Waals surface area (Å²) >= 11 is 5.28. The highest BCUT2D eigenvalue weighted by Gasteiger charge is 2.07. The number of aryl methyl sites for hydroxylation is 2. The van der Waals surface area contributed by atoms with Crippen molar-refractivity contribution in [3.63, 3.8) is 0 Å². The van der Waals surface area contributed by atoms with Crippen LogP contribution in [-0.4, -0.2) is 30.0 Å². The topological polar surface area (TPSA) is 54.9 Å². The average Bonchev–Trinajstić information content (AvgIpc) is 2.56. The van der Waals surface area contributed by atoms with Gasteiger partial charge < -0.3 is 9.55 Å². The highest BCUT2D eigenvalue weighted by Crippen LogP contribution is 2.18. The largest absolute Gasteiger partial charge is 0.330 e. The van der Waals surface area contributed by atoms with Crippen LogP contribution in [0.15, 0.2) is 18.2 Å². The van der Waals surface area contributed by atoms with Crippen LogP contribution in [0.25, 0.3) is 11.0 Å². The zero-order chi connectivity index (χ0) is 13.3. The summed E-state index contributed by atoms with van der Waals surface area (Å²) in [6.45, 7) is 2.64. The van der Waals surface area contributed by atoms with Crippen molar-refractivity contribution in [3.05, 3.63) is 28.5 Å². The van der Waals surface area contributed by atoms with E-state index in [9.17, 15) is 8.42 Å². The zero-order valence-electron chi connectivity index (χ0n) is 10.4. The predicted molar refractivity (Wildman–Crippen MR) is 76.2 cm³/mol. The Morgan fingerprint density at radius 1 is 1.39 bits per heavy atom. The van der Waals surface area contributed by atoms with Gasteiger partial charge >= 0.3 is 0 Å². The lowest BCUT2D eigenvalue weighted by atomic mass is 10.2. The molecule has 18 heavy (non-hydrogen) atoms. The smallest absolute Gasteiger partial charge is 0.178 e. The Morgan fingerprint density at radius 2 is 2.11 bits per heavy atom. The second-order valence-electron chi connectivity index (χ2n) is 4.53. The van der Waals surface area contributed by atoms with E-state index in [1.54, 1.807) is 0 Å². The van der Waals surface area contributed by atoms with Crippen molar-refractivity contribution >= 4 is 33.1 Å². The summed E-state index contributed by atoms with van der Waals surface area (Å²) in [6, 6.07) is 6.00. The van der Waals surface area contributed by atoms with Gasteiger partial charge in [-0.15, -0.1) is 0 Å². The third-order valence-electron chi connectivity index (χ3n) is 2.92. The molecule has 0 fully saturated rings. The van der Waals surface area contributed by atoms with Crippen molar-refractivity contribution in [2.24, 2.45) is 0 Å². The van der Waals surface area contributed by atoms with Gasteiger partial charge in [0, 0.05) is 12.8 Å². The molecule has 0 aliphatic heterocycles. The van der Waals surface area contributed by atoms with Crippen LogP contribution in [0.5, 0.6) is 0 Å². The van der Waals surface area contributed by atoms with E-state index < -0.39 is 9.84 Å². The van der Waals surface area contributed by atoms with Gasteiger partial charge in [-0.3, -0.25) is 0 Å². The first kappa shape index (κ1) is 13.3. The van der Waals surface area contributed by atoms with Crippen LogP contribution in [0.1, 0.15) is 12.0 Å².